The highest BCUT2D eigenvalue weighted by atomic mass is 16.5. The lowest BCUT2D eigenvalue weighted by molar-refractivity contribution is -0.139. The molecule has 4 aromatic rings. The molecule has 8 heteroatoms. The van der Waals surface area contributed by atoms with Crippen molar-refractivity contribution in [2.45, 2.75) is 33.4 Å². The Balaban J connectivity index is 1.38. The molecule has 1 N–H and O–H groups in total. The van der Waals surface area contributed by atoms with Gasteiger partial charge in [-0.3, -0.25) is 14.8 Å². The molecule has 0 aliphatic rings. The van der Waals surface area contributed by atoms with Gasteiger partial charge >= 0.3 is 12.1 Å². The molecule has 0 saturated carbocycles. The third-order valence-corrected chi connectivity index (χ3v) is 6.18. The fourth-order valence-electron chi connectivity index (χ4n) is 4.17. The number of esters is 1. The van der Waals surface area contributed by atoms with Gasteiger partial charge in [0.2, 0.25) is 0 Å². The molecule has 1 heterocycles. The Morgan fingerprint density at radius 2 is 1.69 bits per heavy atom. The van der Waals surface area contributed by atoms with Gasteiger partial charge < -0.3 is 14.2 Å². The minimum atomic E-state index is -0.552. The van der Waals surface area contributed by atoms with Crippen molar-refractivity contribution in [2.24, 2.45) is 0 Å². The van der Waals surface area contributed by atoms with E-state index in [9.17, 15) is 9.59 Å². The van der Waals surface area contributed by atoms with Crippen molar-refractivity contribution in [1.82, 2.24) is 9.78 Å². The number of ether oxygens (including phenoxy) is 3. The second-order valence-corrected chi connectivity index (χ2v) is 8.43. The molecular formula is C28H29N3O5. The molecule has 186 valence electrons. The van der Waals surface area contributed by atoms with E-state index in [0.717, 1.165) is 38.9 Å². The summed E-state index contributed by atoms with van der Waals surface area (Å²) in [5.41, 5.74) is 5.05. The van der Waals surface area contributed by atoms with Crippen LogP contribution in [0.1, 0.15) is 28.1 Å². The van der Waals surface area contributed by atoms with Crippen LogP contribution >= 0.6 is 0 Å². The molecule has 0 aliphatic heterocycles. The number of rotatable bonds is 8. The van der Waals surface area contributed by atoms with Crippen molar-refractivity contribution in [2.75, 3.05) is 19.5 Å². The minimum absolute atomic E-state index is 0.0836. The van der Waals surface area contributed by atoms with Crippen LogP contribution in [0, 0.1) is 13.8 Å². The Kier molecular flexibility index (Phi) is 7.53. The van der Waals surface area contributed by atoms with Crippen molar-refractivity contribution in [3.8, 4) is 5.75 Å². The molecule has 0 aliphatic carbocycles. The maximum Gasteiger partial charge on any atom is 0.411 e. The zero-order chi connectivity index (χ0) is 25.7. The number of nitrogens with one attached hydrogen (secondary N) is 1. The quantitative estimate of drug-likeness (QED) is 0.345. The molecule has 0 fully saturated rings. The van der Waals surface area contributed by atoms with E-state index in [2.05, 4.69) is 10.4 Å². The maximum absolute atomic E-state index is 12.5. The Morgan fingerprint density at radius 1 is 0.944 bits per heavy atom. The fraction of sp³-hybridized carbons (Fsp3) is 0.250. The first kappa shape index (κ1) is 24.8. The van der Waals surface area contributed by atoms with Crippen LogP contribution in [0.2, 0.25) is 0 Å². The van der Waals surface area contributed by atoms with Crippen molar-refractivity contribution in [1.29, 1.82) is 0 Å². The molecule has 8 nitrogen and oxygen atoms in total. The monoisotopic (exact) mass is 487 g/mol. The molecule has 1 aromatic heterocycles. The number of nitrogens with zero attached hydrogens (tertiary/aromatic N) is 2. The van der Waals surface area contributed by atoms with Crippen LogP contribution in [0.15, 0.2) is 60.7 Å². The number of aromatic nitrogens is 2. The number of methoxy groups -OCH3 is 2. The number of anilines is 1. The van der Waals surface area contributed by atoms with E-state index in [1.54, 1.807) is 7.11 Å². The average molecular weight is 488 g/mol. The van der Waals surface area contributed by atoms with E-state index >= 15 is 0 Å². The van der Waals surface area contributed by atoms with Gasteiger partial charge in [0.25, 0.3) is 0 Å². The molecule has 36 heavy (non-hydrogen) atoms. The number of carbonyl (C=O) groups is 2. The van der Waals surface area contributed by atoms with Crippen molar-refractivity contribution in [3.05, 3.63) is 88.7 Å². The molecule has 4 rings (SSSR count). The Labute approximate surface area is 209 Å². The number of amides is 1. The fourth-order valence-corrected chi connectivity index (χ4v) is 4.17. The predicted octanol–water partition coefficient (Wildman–Crippen LogP) is 5.17. The van der Waals surface area contributed by atoms with Crippen LogP contribution < -0.4 is 10.1 Å². The summed E-state index contributed by atoms with van der Waals surface area (Å²) in [4.78, 5) is 24.2. The van der Waals surface area contributed by atoms with Gasteiger partial charge in [0.05, 0.1) is 32.9 Å². The summed E-state index contributed by atoms with van der Waals surface area (Å²) < 4.78 is 17.6. The lowest BCUT2D eigenvalue weighted by Crippen LogP contribution is -2.14. The molecular weight excluding hydrogens is 458 g/mol. The Morgan fingerprint density at radius 3 is 2.42 bits per heavy atom. The van der Waals surface area contributed by atoms with E-state index < -0.39 is 6.09 Å². The minimum Gasteiger partial charge on any atom is -0.496 e. The largest absolute Gasteiger partial charge is 0.496 e. The smallest absolute Gasteiger partial charge is 0.411 e. The molecule has 0 bridgehead atoms. The third-order valence-electron chi connectivity index (χ3n) is 6.18. The molecule has 1 amide bonds. The molecule has 0 unspecified atom stereocenters. The highest BCUT2D eigenvalue weighted by Crippen LogP contribution is 2.28. The summed E-state index contributed by atoms with van der Waals surface area (Å²) in [6.45, 7) is 4.45. The first-order valence-corrected chi connectivity index (χ1v) is 11.6. The first-order valence-electron chi connectivity index (χ1n) is 11.6. The zero-order valence-corrected chi connectivity index (χ0v) is 20.8. The maximum atomic E-state index is 12.5. The number of benzene rings is 3. The number of hydrogen-bond acceptors (Lipinski definition) is 6. The lowest BCUT2D eigenvalue weighted by atomic mass is 10.0. The standard InChI is InChI=1S/C28H29N3O5/c1-18-24(15-27(32)35-4)19(2)31(30-18)16-20-9-12-22(13-10-20)29-28(33)36-17-25-23-8-6-5-7-21(23)11-14-26(25)34-3/h5-14H,15-17H2,1-4H3,(H,29,33). The highest BCUT2D eigenvalue weighted by molar-refractivity contribution is 5.88. The van der Waals surface area contributed by atoms with Gasteiger partial charge in [-0.2, -0.15) is 5.10 Å². The van der Waals surface area contributed by atoms with Gasteiger partial charge in [-0.1, -0.05) is 42.5 Å². The van der Waals surface area contributed by atoms with Crippen LogP contribution in [0.4, 0.5) is 10.5 Å². The summed E-state index contributed by atoms with van der Waals surface area (Å²) in [5, 5.41) is 9.36. The van der Waals surface area contributed by atoms with Gasteiger partial charge in [-0.25, -0.2) is 4.79 Å². The van der Waals surface area contributed by atoms with Crippen molar-refractivity contribution < 1.29 is 23.8 Å². The van der Waals surface area contributed by atoms with Crippen LogP contribution in [-0.2, 0) is 33.8 Å². The summed E-state index contributed by atoms with van der Waals surface area (Å²) in [5.74, 6) is 0.381. The summed E-state index contributed by atoms with van der Waals surface area (Å²) in [7, 11) is 2.98. The van der Waals surface area contributed by atoms with E-state index in [4.69, 9.17) is 14.2 Å². The average Bonchev–Trinajstić information content (AvgIpc) is 3.15. The van der Waals surface area contributed by atoms with Crippen molar-refractivity contribution in [3.63, 3.8) is 0 Å². The second-order valence-electron chi connectivity index (χ2n) is 8.43. The Hall–Kier alpha value is -4.33. The van der Waals surface area contributed by atoms with Crippen LogP contribution in [-0.4, -0.2) is 36.1 Å². The summed E-state index contributed by atoms with van der Waals surface area (Å²) >= 11 is 0. The number of fused-ring (bicyclic) bond motifs is 1. The van der Waals surface area contributed by atoms with Crippen LogP contribution in [0.5, 0.6) is 5.75 Å². The topological polar surface area (TPSA) is 91.7 Å². The van der Waals surface area contributed by atoms with Crippen LogP contribution in [0.3, 0.4) is 0 Å². The summed E-state index contributed by atoms with van der Waals surface area (Å²) in [6.07, 6.45) is -0.354. The summed E-state index contributed by atoms with van der Waals surface area (Å²) in [6, 6.07) is 19.2. The molecule has 0 spiro atoms. The predicted molar refractivity (Wildman–Crippen MR) is 137 cm³/mol. The van der Waals surface area contributed by atoms with Crippen molar-refractivity contribution >= 4 is 28.5 Å². The van der Waals surface area contributed by atoms with E-state index in [1.807, 2.05) is 79.2 Å². The molecule has 0 radical (unpaired) electrons. The second kappa shape index (κ2) is 10.9. The van der Waals surface area contributed by atoms with E-state index in [-0.39, 0.29) is 19.0 Å². The van der Waals surface area contributed by atoms with E-state index in [1.165, 1.54) is 7.11 Å². The number of aryl methyl sites for hydroxylation is 1. The normalized spacial score (nSPS) is 10.8. The van der Waals surface area contributed by atoms with Gasteiger partial charge in [0, 0.05) is 22.5 Å². The number of hydrogen-bond donors (Lipinski definition) is 1. The van der Waals surface area contributed by atoms with Gasteiger partial charge in [-0.15, -0.1) is 0 Å². The third kappa shape index (κ3) is 5.49. The number of carbonyl (C=O) groups excluding carboxylic acids is 2. The molecule has 0 atom stereocenters. The van der Waals surface area contributed by atoms with Gasteiger partial charge in [0.1, 0.15) is 12.4 Å². The Bertz CT molecular complexity index is 1390. The highest BCUT2D eigenvalue weighted by Gasteiger charge is 2.16. The zero-order valence-electron chi connectivity index (χ0n) is 20.8. The lowest BCUT2D eigenvalue weighted by Gasteiger charge is -2.13. The first-order chi connectivity index (χ1) is 17.4. The molecule has 0 saturated heterocycles. The molecule has 3 aromatic carbocycles. The van der Waals surface area contributed by atoms with E-state index in [0.29, 0.717) is 18.0 Å². The van der Waals surface area contributed by atoms with Crippen LogP contribution in [0.25, 0.3) is 10.8 Å². The van der Waals surface area contributed by atoms with Gasteiger partial charge in [-0.05, 0) is 48.4 Å². The SMILES string of the molecule is COC(=O)Cc1c(C)nn(Cc2ccc(NC(=O)OCc3c(OC)ccc4ccccc34)cc2)c1C. The van der Waals surface area contributed by atoms with Gasteiger partial charge in [0.15, 0.2) is 0 Å².